The van der Waals surface area contributed by atoms with Gasteiger partial charge in [0.1, 0.15) is 6.61 Å². The highest BCUT2D eigenvalue weighted by Crippen LogP contribution is 2.14. The second kappa shape index (κ2) is 6.57. The third-order valence-electron chi connectivity index (χ3n) is 3.35. The van der Waals surface area contributed by atoms with Gasteiger partial charge in [-0.25, -0.2) is 13.6 Å². The van der Waals surface area contributed by atoms with Gasteiger partial charge in [0.15, 0.2) is 17.3 Å². The molecule has 0 fully saturated rings. The van der Waals surface area contributed by atoms with E-state index in [2.05, 4.69) is 10.2 Å². The molecule has 0 bridgehead atoms. The molecule has 1 aromatic heterocycles. The van der Waals surface area contributed by atoms with Crippen molar-refractivity contribution in [3.63, 3.8) is 0 Å². The van der Waals surface area contributed by atoms with Crippen molar-refractivity contribution in [3.05, 3.63) is 77.1 Å². The Morgan fingerprint density at radius 3 is 2.58 bits per heavy atom. The maximum Gasteiger partial charge on any atom is 0.361 e. The second-order valence-corrected chi connectivity index (χ2v) is 5.05. The number of benzene rings is 2. The summed E-state index contributed by atoms with van der Waals surface area (Å²) in [4.78, 5) is 13.4. The van der Waals surface area contributed by atoms with E-state index in [1.807, 2.05) is 18.2 Å². The molecular formula is C17H13F2N3O2. The van der Waals surface area contributed by atoms with Gasteiger partial charge in [-0.1, -0.05) is 30.3 Å². The summed E-state index contributed by atoms with van der Waals surface area (Å²) in [6.07, 6.45) is 0. The standard InChI is InChI=1S/C17H13F2N3O2/c1-11-16(21-22(20-11)13-7-3-2-4-8-13)17(23)24-10-12-6-5-9-14(18)15(12)19/h2-9H,10H2,1H3. The number of nitrogens with zero attached hydrogens (tertiary/aromatic N) is 3. The molecule has 122 valence electrons. The molecule has 7 heteroatoms. The summed E-state index contributed by atoms with van der Waals surface area (Å²) in [5.74, 6) is -2.77. The van der Waals surface area contributed by atoms with Crippen LogP contribution in [0, 0.1) is 18.6 Å². The molecule has 3 aromatic rings. The molecule has 1 heterocycles. The van der Waals surface area contributed by atoms with E-state index in [1.54, 1.807) is 19.1 Å². The Kier molecular flexibility index (Phi) is 4.33. The number of carbonyl (C=O) groups excluding carboxylic acids is 1. The number of hydrogen-bond donors (Lipinski definition) is 0. The van der Waals surface area contributed by atoms with Gasteiger partial charge in [0.2, 0.25) is 0 Å². The second-order valence-electron chi connectivity index (χ2n) is 5.05. The lowest BCUT2D eigenvalue weighted by molar-refractivity contribution is 0.0459. The largest absolute Gasteiger partial charge is 0.456 e. The van der Waals surface area contributed by atoms with E-state index in [0.29, 0.717) is 11.4 Å². The maximum atomic E-state index is 13.6. The predicted octanol–water partition coefficient (Wildman–Crippen LogP) is 3.21. The van der Waals surface area contributed by atoms with Crippen LogP contribution in [-0.2, 0) is 11.3 Å². The number of ether oxygens (including phenoxy) is 1. The van der Waals surface area contributed by atoms with Crippen molar-refractivity contribution >= 4 is 5.97 Å². The van der Waals surface area contributed by atoms with Gasteiger partial charge in [0.05, 0.1) is 11.4 Å². The van der Waals surface area contributed by atoms with E-state index in [9.17, 15) is 13.6 Å². The molecule has 0 amide bonds. The van der Waals surface area contributed by atoms with Crippen molar-refractivity contribution in [1.29, 1.82) is 0 Å². The van der Waals surface area contributed by atoms with E-state index in [-0.39, 0.29) is 17.9 Å². The minimum Gasteiger partial charge on any atom is -0.456 e. The smallest absolute Gasteiger partial charge is 0.361 e. The average Bonchev–Trinajstić information content (AvgIpc) is 2.99. The van der Waals surface area contributed by atoms with E-state index in [4.69, 9.17) is 4.74 Å². The van der Waals surface area contributed by atoms with Crippen LogP contribution in [0.25, 0.3) is 5.69 Å². The molecule has 0 aliphatic carbocycles. The van der Waals surface area contributed by atoms with Gasteiger partial charge in [0, 0.05) is 5.56 Å². The van der Waals surface area contributed by atoms with Gasteiger partial charge in [-0.15, -0.1) is 5.10 Å². The molecule has 5 nitrogen and oxygen atoms in total. The van der Waals surface area contributed by atoms with Gasteiger partial charge in [-0.05, 0) is 25.1 Å². The van der Waals surface area contributed by atoms with E-state index < -0.39 is 17.6 Å². The lowest BCUT2D eigenvalue weighted by Gasteiger charge is -2.05. The number of para-hydroxylation sites is 1. The molecule has 0 unspecified atom stereocenters. The molecule has 0 spiro atoms. The molecule has 0 saturated heterocycles. The number of aryl methyl sites for hydroxylation is 1. The van der Waals surface area contributed by atoms with Crippen LogP contribution < -0.4 is 0 Å². The fourth-order valence-electron chi connectivity index (χ4n) is 2.12. The molecule has 0 radical (unpaired) electrons. The molecule has 0 N–H and O–H groups in total. The number of aromatic nitrogens is 3. The topological polar surface area (TPSA) is 57.0 Å². The average molecular weight is 329 g/mol. The highest BCUT2D eigenvalue weighted by atomic mass is 19.2. The number of rotatable bonds is 4. The zero-order valence-electron chi connectivity index (χ0n) is 12.7. The van der Waals surface area contributed by atoms with E-state index in [0.717, 1.165) is 6.07 Å². The van der Waals surface area contributed by atoms with Crippen LogP contribution in [0.4, 0.5) is 8.78 Å². The van der Waals surface area contributed by atoms with Crippen LogP contribution in [0.2, 0.25) is 0 Å². The first-order chi connectivity index (χ1) is 11.6. The Morgan fingerprint density at radius 1 is 1.08 bits per heavy atom. The van der Waals surface area contributed by atoms with Crippen LogP contribution in [0.1, 0.15) is 21.7 Å². The molecule has 3 rings (SSSR count). The first kappa shape index (κ1) is 15.8. The minimum atomic E-state index is -1.03. The van der Waals surface area contributed by atoms with Crippen LogP contribution in [-0.4, -0.2) is 21.0 Å². The summed E-state index contributed by atoms with van der Waals surface area (Å²) in [6.45, 7) is 1.23. The van der Waals surface area contributed by atoms with Crippen molar-refractivity contribution in [1.82, 2.24) is 15.0 Å². The van der Waals surface area contributed by atoms with Crippen molar-refractivity contribution in [2.45, 2.75) is 13.5 Å². The van der Waals surface area contributed by atoms with E-state index in [1.165, 1.54) is 16.9 Å². The van der Waals surface area contributed by atoms with Gasteiger partial charge >= 0.3 is 5.97 Å². The Morgan fingerprint density at radius 2 is 1.83 bits per heavy atom. The molecule has 0 aliphatic heterocycles. The summed E-state index contributed by atoms with van der Waals surface area (Å²) in [6, 6.07) is 12.8. The maximum absolute atomic E-state index is 13.6. The number of esters is 1. The molecule has 2 aromatic carbocycles. The van der Waals surface area contributed by atoms with Crippen molar-refractivity contribution in [2.75, 3.05) is 0 Å². The summed E-state index contributed by atoms with van der Waals surface area (Å²) in [5.41, 5.74) is 1.05. The minimum absolute atomic E-state index is 0.0238. The Hall–Kier alpha value is -3.09. The molecule has 0 atom stereocenters. The zero-order valence-corrected chi connectivity index (χ0v) is 12.7. The number of carbonyl (C=O) groups is 1. The van der Waals surface area contributed by atoms with Crippen molar-refractivity contribution in [2.24, 2.45) is 0 Å². The third-order valence-corrected chi connectivity index (χ3v) is 3.35. The van der Waals surface area contributed by atoms with Gasteiger partial charge in [0.25, 0.3) is 0 Å². The fourth-order valence-corrected chi connectivity index (χ4v) is 2.12. The monoisotopic (exact) mass is 329 g/mol. The highest BCUT2D eigenvalue weighted by molar-refractivity contribution is 5.88. The quantitative estimate of drug-likeness (QED) is 0.690. The summed E-state index contributed by atoms with van der Waals surface area (Å²) >= 11 is 0. The third kappa shape index (κ3) is 3.15. The van der Waals surface area contributed by atoms with Crippen molar-refractivity contribution < 1.29 is 18.3 Å². The lowest BCUT2D eigenvalue weighted by atomic mass is 10.2. The fraction of sp³-hybridized carbons (Fsp3) is 0.118. The summed E-state index contributed by atoms with van der Waals surface area (Å²) in [5, 5.41) is 8.25. The Balaban J connectivity index is 1.76. The molecule has 0 aliphatic rings. The molecular weight excluding hydrogens is 316 g/mol. The molecule has 24 heavy (non-hydrogen) atoms. The Labute approximate surface area is 136 Å². The lowest BCUT2D eigenvalue weighted by Crippen LogP contribution is -2.09. The van der Waals surface area contributed by atoms with Crippen LogP contribution in [0.3, 0.4) is 0 Å². The van der Waals surface area contributed by atoms with Gasteiger partial charge < -0.3 is 4.74 Å². The van der Waals surface area contributed by atoms with Crippen LogP contribution in [0.5, 0.6) is 0 Å². The summed E-state index contributed by atoms with van der Waals surface area (Å²) in [7, 11) is 0. The summed E-state index contributed by atoms with van der Waals surface area (Å²) < 4.78 is 31.7. The van der Waals surface area contributed by atoms with Gasteiger partial charge in [-0.2, -0.15) is 9.90 Å². The Bertz CT molecular complexity index is 879. The van der Waals surface area contributed by atoms with Crippen molar-refractivity contribution in [3.8, 4) is 5.69 Å². The SMILES string of the molecule is Cc1nn(-c2ccccc2)nc1C(=O)OCc1cccc(F)c1F. The highest BCUT2D eigenvalue weighted by Gasteiger charge is 2.19. The predicted molar refractivity (Wildman–Crippen MR) is 81.6 cm³/mol. The van der Waals surface area contributed by atoms with Crippen LogP contribution >= 0.6 is 0 Å². The van der Waals surface area contributed by atoms with E-state index >= 15 is 0 Å². The first-order valence-electron chi connectivity index (χ1n) is 7.15. The normalized spacial score (nSPS) is 10.6. The number of hydrogen-bond acceptors (Lipinski definition) is 4. The molecule has 0 saturated carbocycles. The first-order valence-corrected chi connectivity index (χ1v) is 7.15. The van der Waals surface area contributed by atoms with Gasteiger partial charge in [-0.3, -0.25) is 0 Å². The van der Waals surface area contributed by atoms with Crippen LogP contribution in [0.15, 0.2) is 48.5 Å². The zero-order chi connectivity index (χ0) is 17.1. The number of halogens is 2.